The minimum Gasteiger partial charge on any atom is -0.311 e. The lowest BCUT2D eigenvalue weighted by Gasteiger charge is -2.33. The fourth-order valence-corrected chi connectivity index (χ4v) is 8.80. The van der Waals surface area contributed by atoms with Gasteiger partial charge in [-0.05, 0) is 101 Å². The van der Waals surface area contributed by atoms with Gasteiger partial charge in [0.25, 0.3) is 0 Å². The lowest BCUT2D eigenvalue weighted by atomic mass is 10.0. The van der Waals surface area contributed by atoms with Crippen molar-refractivity contribution in [2.75, 3.05) is 9.80 Å². The second kappa shape index (κ2) is 13.7. The third-order valence-corrected chi connectivity index (χ3v) is 11.4. The summed E-state index contributed by atoms with van der Waals surface area (Å²) in [4.78, 5) is 7.28. The van der Waals surface area contributed by atoms with Crippen LogP contribution in [-0.4, -0.2) is 4.57 Å². The van der Waals surface area contributed by atoms with E-state index in [0.717, 1.165) is 34.3 Å². The quantitative estimate of drug-likeness (QED) is 0.163. The van der Waals surface area contributed by atoms with Crippen molar-refractivity contribution in [1.82, 2.24) is 4.57 Å². The van der Waals surface area contributed by atoms with Gasteiger partial charge >= 0.3 is 0 Å². The number of fused-ring (bicyclic) bond motifs is 4. The van der Waals surface area contributed by atoms with Crippen LogP contribution < -0.4 is 9.80 Å². The molecule has 54 heavy (non-hydrogen) atoms. The molecule has 0 N–H and O–H groups in total. The first-order valence-electron chi connectivity index (χ1n) is 18.3. The van der Waals surface area contributed by atoms with Gasteiger partial charge in [0.05, 0.1) is 16.1 Å². The number of anilines is 6. The molecule has 0 atom stereocenters. The minimum atomic E-state index is 1.09. The molecule has 1 aromatic heterocycles. The van der Waals surface area contributed by atoms with Gasteiger partial charge in [0.2, 0.25) is 0 Å². The Morgan fingerprint density at radius 3 is 1.43 bits per heavy atom. The van der Waals surface area contributed by atoms with Gasteiger partial charge in [-0.1, -0.05) is 145 Å². The molecule has 1 aliphatic heterocycles. The molecule has 1 aliphatic rings. The van der Waals surface area contributed by atoms with Crippen molar-refractivity contribution in [3.05, 3.63) is 212 Å². The van der Waals surface area contributed by atoms with Crippen LogP contribution in [0.25, 0.3) is 38.8 Å². The van der Waals surface area contributed by atoms with Crippen LogP contribution in [0.5, 0.6) is 0 Å². The van der Waals surface area contributed by atoms with E-state index in [9.17, 15) is 0 Å². The summed E-state index contributed by atoms with van der Waals surface area (Å²) in [6.45, 7) is 0. The SMILES string of the molecule is c1ccc(-c2ccc(N(c3ccc(-c4ccccc4)cc3)c3ccc(N4c5ccccc5Sc5c4n(-c4ccccc4)c4ccccc54)cc3)cc2)cc1. The van der Waals surface area contributed by atoms with E-state index in [1.165, 1.54) is 48.6 Å². The molecule has 0 saturated heterocycles. The van der Waals surface area contributed by atoms with E-state index >= 15 is 0 Å². The van der Waals surface area contributed by atoms with Crippen LogP contribution in [-0.2, 0) is 0 Å². The Kier molecular flexibility index (Phi) is 8.08. The molecule has 0 bridgehead atoms. The highest BCUT2D eigenvalue weighted by Crippen LogP contribution is 2.56. The Balaban J connectivity index is 1.10. The summed E-state index contributed by atoms with van der Waals surface area (Å²) in [7, 11) is 0. The monoisotopic (exact) mass is 709 g/mol. The van der Waals surface area contributed by atoms with Crippen molar-refractivity contribution in [2.24, 2.45) is 0 Å². The minimum absolute atomic E-state index is 1.09. The Hall–Kier alpha value is -6.75. The lowest BCUT2D eigenvalue weighted by molar-refractivity contribution is 1.03. The summed E-state index contributed by atoms with van der Waals surface area (Å²) in [5, 5.41) is 1.25. The summed E-state index contributed by atoms with van der Waals surface area (Å²) in [6.07, 6.45) is 0. The molecule has 0 unspecified atom stereocenters. The molecule has 0 spiro atoms. The zero-order valence-corrected chi connectivity index (χ0v) is 30.3. The summed E-state index contributed by atoms with van der Waals surface area (Å²) in [5.41, 5.74) is 12.7. The van der Waals surface area contributed by atoms with Crippen molar-refractivity contribution in [2.45, 2.75) is 9.79 Å². The summed E-state index contributed by atoms with van der Waals surface area (Å²) in [6, 6.07) is 76.2. The largest absolute Gasteiger partial charge is 0.311 e. The van der Waals surface area contributed by atoms with Gasteiger partial charge in [-0.3, -0.25) is 9.47 Å². The van der Waals surface area contributed by atoms with Gasteiger partial charge in [0.15, 0.2) is 0 Å². The van der Waals surface area contributed by atoms with Crippen LogP contribution in [0.2, 0.25) is 0 Å². The molecule has 0 aliphatic carbocycles. The predicted octanol–water partition coefficient (Wildman–Crippen LogP) is 14.4. The van der Waals surface area contributed by atoms with E-state index in [2.05, 4.69) is 227 Å². The number of para-hydroxylation sites is 3. The predicted molar refractivity (Wildman–Crippen MR) is 228 cm³/mol. The second-order valence-electron chi connectivity index (χ2n) is 13.4. The fraction of sp³-hybridized carbons (Fsp3) is 0. The van der Waals surface area contributed by atoms with Crippen LogP contribution in [0.3, 0.4) is 0 Å². The average Bonchev–Trinajstić information content (AvgIpc) is 3.58. The van der Waals surface area contributed by atoms with E-state index in [1.807, 2.05) is 11.8 Å². The van der Waals surface area contributed by atoms with Crippen LogP contribution in [0.15, 0.2) is 222 Å². The van der Waals surface area contributed by atoms with Gasteiger partial charge in [0, 0.05) is 38.7 Å². The molecular weight excluding hydrogens is 675 g/mol. The maximum Gasteiger partial charge on any atom is 0.137 e. The van der Waals surface area contributed by atoms with E-state index < -0.39 is 0 Å². The normalized spacial score (nSPS) is 12.0. The smallest absolute Gasteiger partial charge is 0.137 e. The van der Waals surface area contributed by atoms with Gasteiger partial charge in [-0.25, -0.2) is 0 Å². The zero-order chi connectivity index (χ0) is 35.8. The average molecular weight is 710 g/mol. The molecule has 256 valence electrons. The molecular formula is C50H35N3S. The maximum absolute atomic E-state index is 2.44. The molecule has 4 heteroatoms. The molecule has 3 nitrogen and oxygen atoms in total. The Bertz CT molecular complexity index is 2620. The first kappa shape index (κ1) is 31.9. The van der Waals surface area contributed by atoms with Crippen molar-refractivity contribution in [1.29, 1.82) is 0 Å². The van der Waals surface area contributed by atoms with Crippen LogP contribution in [0.4, 0.5) is 34.3 Å². The molecule has 2 heterocycles. The Labute approximate surface area is 320 Å². The van der Waals surface area contributed by atoms with Crippen molar-refractivity contribution < 1.29 is 0 Å². The van der Waals surface area contributed by atoms with Crippen LogP contribution in [0.1, 0.15) is 0 Å². The molecule has 0 amide bonds. The molecule has 9 aromatic rings. The third kappa shape index (κ3) is 5.65. The van der Waals surface area contributed by atoms with Crippen LogP contribution in [0, 0.1) is 0 Å². The van der Waals surface area contributed by atoms with Crippen molar-refractivity contribution in [3.8, 4) is 27.9 Å². The molecule has 0 radical (unpaired) electrons. The molecule has 8 aromatic carbocycles. The topological polar surface area (TPSA) is 11.4 Å². The van der Waals surface area contributed by atoms with E-state index in [0.29, 0.717) is 0 Å². The highest BCUT2D eigenvalue weighted by atomic mass is 32.2. The third-order valence-electron chi connectivity index (χ3n) is 10.2. The highest BCUT2D eigenvalue weighted by molar-refractivity contribution is 8.00. The summed E-state index contributed by atoms with van der Waals surface area (Å²) < 4.78 is 2.41. The zero-order valence-electron chi connectivity index (χ0n) is 29.5. The number of benzene rings is 8. The molecule has 10 rings (SSSR count). The van der Waals surface area contributed by atoms with Crippen molar-refractivity contribution >= 4 is 56.9 Å². The summed E-state index contributed by atoms with van der Waals surface area (Å²) >= 11 is 1.86. The Morgan fingerprint density at radius 1 is 0.370 bits per heavy atom. The van der Waals surface area contributed by atoms with Crippen molar-refractivity contribution in [3.63, 3.8) is 0 Å². The lowest BCUT2D eigenvalue weighted by Crippen LogP contribution is -2.18. The number of nitrogens with zero attached hydrogens (tertiary/aromatic N) is 3. The maximum atomic E-state index is 2.44. The standard InChI is InChI=1S/C50H35N3S/c1-4-14-36(15-5-1)38-24-28-41(29-25-38)51(42-30-26-39(27-31-42)37-16-6-2-7-17-37)43-32-34-44(35-33-43)53-47-22-12-13-23-48(47)54-49-45-20-10-11-21-46(45)52(50(49)53)40-18-8-3-9-19-40/h1-35H. The van der Waals surface area contributed by atoms with Gasteiger partial charge in [-0.15, -0.1) is 0 Å². The summed E-state index contributed by atoms with van der Waals surface area (Å²) in [5.74, 6) is 1.16. The Morgan fingerprint density at radius 2 is 0.833 bits per heavy atom. The second-order valence-corrected chi connectivity index (χ2v) is 14.5. The number of hydrogen-bond acceptors (Lipinski definition) is 3. The van der Waals surface area contributed by atoms with E-state index in [1.54, 1.807) is 0 Å². The molecule has 0 saturated carbocycles. The van der Waals surface area contributed by atoms with Crippen LogP contribution >= 0.6 is 11.8 Å². The van der Waals surface area contributed by atoms with Gasteiger partial charge < -0.3 is 4.90 Å². The highest BCUT2D eigenvalue weighted by Gasteiger charge is 2.31. The van der Waals surface area contributed by atoms with E-state index in [4.69, 9.17) is 0 Å². The van der Waals surface area contributed by atoms with Gasteiger partial charge in [-0.2, -0.15) is 0 Å². The first-order chi connectivity index (χ1) is 26.8. The first-order valence-corrected chi connectivity index (χ1v) is 19.1. The number of aromatic nitrogens is 1. The van der Waals surface area contributed by atoms with Gasteiger partial charge in [0.1, 0.15) is 5.82 Å². The molecule has 0 fully saturated rings. The van der Waals surface area contributed by atoms with E-state index in [-0.39, 0.29) is 0 Å². The number of hydrogen-bond donors (Lipinski definition) is 0. The fourth-order valence-electron chi connectivity index (χ4n) is 7.62. The number of rotatable bonds is 7.